The molecule has 0 aliphatic carbocycles. The van der Waals surface area contributed by atoms with Crippen molar-refractivity contribution in [2.45, 2.75) is 26.3 Å². The Bertz CT molecular complexity index is 528. The zero-order valence-corrected chi connectivity index (χ0v) is 12.8. The largest absolute Gasteiger partial charge is 0.384 e. The number of hydrogen-bond donors (Lipinski definition) is 1. The smallest absolute Gasteiger partial charge is 0.247 e. The number of methoxy groups -OCH3 is 1. The standard InChI is InChI=1S/C16H22N2O3/c1-11(2)15-16(20)17-10-14(19)18(15)13-7-5-4-6-12(13)8-9-21-3/h4-7,11,15H,8-10H2,1-3H3,(H,17,20). The molecule has 5 nitrogen and oxygen atoms in total. The molecule has 0 radical (unpaired) electrons. The number of benzene rings is 1. The molecule has 1 atom stereocenters. The van der Waals surface area contributed by atoms with Crippen LogP contribution >= 0.6 is 0 Å². The van der Waals surface area contributed by atoms with Crippen LogP contribution in [0, 0.1) is 5.92 Å². The minimum atomic E-state index is -0.463. The van der Waals surface area contributed by atoms with Crippen molar-refractivity contribution < 1.29 is 14.3 Å². The fraction of sp³-hybridized carbons (Fsp3) is 0.500. The van der Waals surface area contributed by atoms with Crippen LogP contribution in [0.1, 0.15) is 19.4 Å². The first-order valence-electron chi connectivity index (χ1n) is 7.23. The summed E-state index contributed by atoms with van der Waals surface area (Å²) in [6.45, 7) is 4.54. The highest BCUT2D eigenvalue weighted by Crippen LogP contribution is 2.27. The van der Waals surface area contributed by atoms with Gasteiger partial charge in [0.15, 0.2) is 0 Å². The Morgan fingerprint density at radius 3 is 2.71 bits per heavy atom. The lowest BCUT2D eigenvalue weighted by atomic mass is 9.97. The van der Waals surface area contributed by atoms with E-state index < -0.39 is 6.04 Å². The summed E-state index contributed by atoms with van der Waals surface area (Å²) in [6, 6.07) is 7.24. The van der Waals surface area contributed by atoms with Gasteiger partial charge in [0.1, 0.15) is 6.04 Å². The van der Waals surface area contributed by atoms with Crippen molar-refractivity contribution in [1.29, 1.82) is 0 Å². The van der Waals surface area contributed by atoms with Gasteiger partial charge < -0.3 is 10.1 Å². The molecule has 1 aromatic carbocycles. The first kappa shape index (κ1) is 15.5. The number of nitrogens with zero attached hydrogens (tertiary/aromatic N) is 1. The number of para-hydroxylation sites is 1. The van der Waals surface area contributed by atoms with Crippen molar-refractivity contribution in [1.82, 2.24) is 5.32 Å². The van der Waals surface area contributed by atoms with Gasteiger partial charge in [-0.3, -0.25) is 14.5 Å². The summed E-state index contributed by atoms with van der Waals surface area (Å²) in [4.78, 5) is 26.2. The lowest BCUT2D eigenvalue weighted by molar-refractivity contribution is -0.131. The second kappa shape index (κ2) is 6.72. The van der Waals surface area contributed by atoms with Crippen molar-refractivity contribution in [2.24, 2.45) is 5.92 Å². The average molecular weight is 290 g/mol. The molecule has 1 aliphatic heterocycles. The maximum Gasteiger partial charge on any atom is 0.247 e. The topological polar surface area (TPSA) is 58.6 Å². The molecule has 1 heterocycles. The number of carbonyl (C=O) groups excluding carboxylic acids is 2. The molecule has 0 spiro atoms. The molecule has 2 amide bonds. The van der Waals surface area contributed by atoms with Gasteiger partial charge in [0, 0.05) is 12.8 Å². The predicted molar refractivity (Wildman–Crippen MR) is 81.1 cm³/mol. The van der Waals surface area contributed by atoms with Crippen LogP contribution in [-0.4, -0.2) is 38.1 Å². The first-order chi connectivity index (χ1) is 10.1. The quantitative estimate of drug-likeness (QED) is 0.891. The van der Waals surface area contributed by atoms with E-state index >= 15 is 0 Å². The van der Waals surface area contributed by atoms with Crippen LogP contribution in [-0.2, 0) is 20.7 Å². The highest BCUT2D eigenvalue weighted by Gasteiger charge is 2.38. The highest BCUT2D eigenvalue weighted by atomic mass is 16.5. The van der Waals surface area contributed by atoms with Crippen LogP contribution in [0.25, 0.3) is 0 Å². The van der Waals surface area contributed by atoms with Crippen LogP contribution in [0.2, 0.25) is 0 Å². The zero-order chi connectivity index (χ0) is 15.4. The van der Waals surface area contributed by atoms with Gasteiger partial charge in [0.25, 0.3) is 0 Å². The molecule has 114 valence electrons. The molecule has 21 heavy (non-hydrogen) atoms. The van der Waals surface area contributed by atoms with Crippen molar-refractivity contribution in [3.63, 3.8) is 0 Å². The number of amides is 2. The van der Waals surface area contributed by atoms with E-state index in [-0.39, 0.29) is 24.3 Å². The maximum absolute atomic E-state index is 12.4. The normalized spacial score (nSPS) is 19.0. The van der Waals surface area contributed by atoms with Gasteiger partial charge in [-0.05, 0) is 24.0 Å². The van der Waals surface area contributed by atoms with E-state index in [1.165, 1.54) is 0 Å². The summed E-state index contributed by atoms with van der Waals surface area (Å²) in [6.07, 6.45) is 0.711. The van der Waals surface area contributed by atoms with E-state index in [0.29, 0.717) is 13.0 Å². The molecule has 5 heteroatoms. The molecular weight excluding hydrogens is 268 g/mol. The monoisotopic (exact) mass is 290 g/mol. The van der Waals surface area contributed by atoms with Crippen LogP contribution in [0.15, 0.2) is 24.3 Å². The molecule has 0 bridgehead atoms. The molecular formula is C16H22N2O3. The Kier molecular flexibility index (Phi) is 4.96. The molecule has 1 aromatic rings. The number of piperazine rings is 1. The lowest BCUT2D eigenvalue weighted by Gasteiger charge is -2.38. The molecule has 2 rings (SSSR count). The molecule has 1 unspecified atom stereocenters. The molecule has 0 saturated carbocycles. The number of carbonyl (C=O) groups is 2. The number of rotatable bonds is 5. The van der Waals surface area contributed by atoms with Crippen LogP contribution in [0.3, 0.4) is 0 Å². The Morgan fingerprint density at radius 2 is 2.05 bits per heavy atom. The SMILES string of the molecule is COCCc1ccccc1N1C(=O)CNC(=O)C1C(C)C. The van der Waals surface area contributed by atoms with Gasteiger partial charge in [-0.25, -0.2) is 0 Å². The van der Waals surface area contributed by atoms with E-state index in [1.54, 1.807) is 12.0 Å². The van der Waals surface area contributed by atoms with Gasteiger partial charge in [-0.2, -0.15) is 0 Å². The van der Waals surface area contributed by atoms with Crippen molar-refractivity contribution >= 4 is 17.5 Å². The number of hydrogen-bond acceptors (Lipinski definition) is 3. The van der Waals surface area contributed by atoms with E-state index in [1.807, 2.05) is 38.1 Å². The number of anilines is 1. The van der Waals surface area contributed by atoms with Crippen molar-refractivity contribution in [3.05, 3.63) is 29.8 Å². The van der Waals surface area contributed by atoms with Crippen molar-refractivity contribution in [3.8, 4) is 0 Å². The van der Waals surface area contributed by atoms with Gasteiger partial charge in [0.05, 0.1) is 13.2 Å². The lowest BCUT2D eigenvalue weighted by Crippen LogP contribution is -2.60. The summed E-state index contributed by atoms with van der Waals surface area (Å²) in [5.74, 6) is -0.117. The van der Waals surface area contributed by atoms with Gasteiger partial charge >= 0.3 is 0 Å². The minimum absolute atomic E-state index is 0.0460. The van der Waals surface area contributed by atoms with E-state index in [0.717, 1.165) is 11.3 Å². The third-order valence-electron chi connectivity index (χ3n) is 3.69. The van der Waals surface area contributed by atoms with Crippen molar-refractivity contribution in [2.75, 3.05) is 25.2 Å². The zero-order valence-electron chi connectivity index (χ0n) is 12.8. The fourth-order valence-corrected chi connectivity index (χ4v) is 2.68. The first-order valence-corrected chi connectivity index (χ1v) is 7.23. The third-order valence-corrected chi connectivity index (χ3v) is 3.69. The minimum Gasteiger partial charge on any atom is -0.384 e. The Labute approximate surface area is 125 Å². The highest BCUT2D eigenvalue weighted by molar-refractivity contribution is 6.07. The number of ether oxygens (including phenoxy) is 1. The molecule has 1 saturated heterocycles. The summed E-state index contributed by atoms with van der Waals surface area (Å²) in [5, 5.41) is 2.67. The second-order valence-electron chi connectivity index (χ2n) is 5.54. The molecule has 1 N–H and O–H groups in total. The Morgan fingerprint density at radius 1 is 1.33 bits per heavy atom. The van der Waals surface area contributed by atoms with E-state index in [2.05, 4.69) is 5.32 Å². The van der Waals surface area contributed by atoms with E-state index in [9.17, 15) is 9.59 Å². The van der Waals surface area contributed by atoms with Crippen LogP contribution in [0.4, 0.5) is 5.69 Å². The molecule has 0 aromatic heterocycles. The number of nitrogens with one attached hydrogen (secondary N) is 1. The Balaban J connectivity index is 2.41. The summed E-state index contributed by atoms with van der Waals surface area (Å²) in [5.41, 5.74) is 1.83. The predicted octanol–water partition coefficient (Wildman–Crippen LogP) is 1.36. The summed E-state index contributed by atoms with van der Waals surface area (Å²) in [7, 11) is 1.65. The molecule has 1 aliphatic rings. The van der Waals surface area contributed by atoms with Crippen LogP contribution in [0.5, 0.6) is 0 Å². The van der Waals surface area contributed by atoms with Crippen LogP contribution < -0.4 is 10.2 Å². The third kappa shape index (κ3) is 3.24. The van der Waals surface area contributed by atoms with Gasteiger partial charge in [0.2, 0.25) is 11.8 Å². The maximum atomic E-state index is 12.4. The average Bonchev–Trinajstić information content (AvgIpc) is 2.47. The van der Waals surface area contributed by atoms with Gasteiger partial charge in [-0.1, -0.05) is 32.0 Å². The summed E-state index contributed by atoms with van der Waals surface area (Å²) < 4.78 is 5.13. The molecule has 1 fully saturated rings. The second-order valence-corrected chi connectivity index (χ2v) is 5.54. The summed E-state index contributed by atoms with van der Waals surface area (Å²) >= 11 is 0. The Hall–Kier alpha value is -1.88. The van der Waals surface area contributed by atoms with E-state index in [4.69, 9.17) is 4.74 Å². The fourth-order valence-electron chi connectivity index (χ4n) is 2.68. The van der Waals surface area contributed by atoms with Gasteiger partial charge in [-0.15, -0.1) is 0 Å².